The maximum absolute atomic E-state index is 13.2. The number of carboxylic acids is 1. The highest BCUT2D eigenvalue weighted by atomic mass is 19.4. The van der Waals surface area contributed by atoms with Gasteiger partial charge in [-0.15, -0.1) is 0 Å². The molecular weight excluding hydrogens is 351 g/mol. The van der Waals surface area contributed by atoms with E-state index in [9.17, 15) is 27.9 Å². The van der Waals surface area contributed by atoms with Gasteiger partial charge in [0.2, 0.25) is 5.91 Å². The van der Waals surface area contributed by atoms with Crippen LogP contribution in [0.3, 0.4) is 0 Å². The minimum absolute atomic E-state index is 0.0663. The van der Waals surface area contributed by atoms with Crippen molar-refractivity contribution in [2.75, 3.05) is 7.11 Å². The third kappa shape index (κ3) is 3.27. The maximum atomic E-state index is 13.2. The van der Waals surface area contributed by atoms with Gasteiger partial charge >= 0.3 is 12.1 Å². The highest BCUT2D eigenvalue weighted by molar-refractivity contribution is 5.86. The first-order chi connectivity index (χ1) is 12.2. The first kappa shape index (κ1) is 18.3. The van der Waals surface area contributed by atoms with Gasteiger partial charge < -0.3 is 15.2 Å². The van der Waals surface area contributed by atoms with Crippen molar-refractivity contribution in [2.24, 2.45) is 23.7 Å². The summed E-state index contributed by atoms with van der Waals surface area (Å²) in [5.74, 6) is -3.48. The fourth-order valence-electron chi connectivity index (χ4n) is 3.92. The Bertz CT molecular complexity index is 759. The van der Waals surface area contributed by atoms with Crippen molar-refractivity contribution in [3.63, 3.8) is 0 Å². The van der Waals surface area contributed by atoms with E-state index in [0.29, 0.717) is 6.42 Å². The fraction of sp³-hybridized carbons (Fsp3) is 0.444. The Kier molecular flexibility index (Phi) is 4.68. The van der Waals surface area contributed by atoms with Crippen molar-refractivity contribution in [1.29, 1.82) is 0 Å². The molecular formula is C18H18F3NO4. The Morgan fingerprint density at radius 3 is 2.46 bits per heavy atom. The summed E-state index contributed by atoms with van der Waals surface area (Å²) in [6, 6.07) is 3.51. The molecule has 1 amide bonds. The number of ether oxygens (including phenoxy) is 1. The smallest absolute Gasteiger partial charge is 0.416 e. The number of carboxylic acid groups (broad SMARTS) is 1. The number of allylic oxidation sites excluding steroid dienone is 2. The highest BCUT2D eigenvalue weighted by Gasteiger charge is 2.51. The molecule has 0 aliphatic heterocycles. The fourth-order valence-corrected chi connectivity index (χ4v) is 3.92. The van der Waals surface area contributed by atoms with E-state index in [1.165, 1.54) is 19.2 Å². The topological polar surface area (TPSA) is 75.6 Å². The van der Waals surface area contributed by atoms with Gasteiger partial charge in [-0.05, 0) is 36.0 Å². The first-order valence-electron chi connectivity index (χ1n) is 8.15. The van der Waals surface area contributed by atoms with E-state index in [4.69, 9.17) is 4.74 Å². The molecule has 0 aromatic heterocycles. The summed E-state index contributed by atoms with van der Waals surface area (Å²) in [7, 11) is 1.27. The van der Waals surface area contributed by atoms with E-state index >= 15 is 0 Å². The highest BCUT2D eigenvalue weighted by Crippen LogP contribution is 2.48. The monoisotopic (exact) mass is 369 g/mol. The van der Waals surface area contributed by atoms with Crippen molar-refractivity contribution in [1.82, 2.24) is 5.32 Å². The van der Waals surface area contributed by atoms with Crippen LogP contribution in [0.2, 0.25) is 0 Å². The molecule has 140 valence electrons. The van der Waals surface area contributed by atoms with Crippen LogP contribution in [-0.2, 0) is 22.3 Å². The molecule has 1 aromatic carbocycles. The molecule has 2 aliphatic rings. The van der Waals surface area contributed by atoms with E-state index < -0.39 is 35.5 Å². The summed E-state index contributed by atoms with van der Waals surface area (Å²) >= 11 is 0. The molecule has 2 aliphatic carbocycles. The number of carbonyl (C=O) groups is 2. The quantitative estimate of drug-likeness (QED) is 0.783. The second-order valence-electron chi connectivity index (χ2n) is 6.58. The van der Waals surface area contributed by atoms with Crippen LogP contribution in [0.1, 0.15) is 17.5 Å². The Balaban J connectivity index is 1.76. The third-order valence-corrected chi connectivity index (χ3v) is 5.12. The summed E-state index contributed by atoms with van der Waals surface area (Å²) in [5.41, 5.74) is -0.989. The molecule has 0 spiro atoms. The van der Waals surface area contributed by atoms with Crippen LogP contribution in [-0.4, -0.2) is 24.1 Å². The number of fused-ring (bicyclic) bond motifs is 2. The van der Waals surface area contributed by atoms with E-state index in [-0.39, 0.29) is 29.7 Å². The van der Waals surface area contributed by atoms with Gasteiger partial charge in [-0.1, -0.05) is 18.2 Å². The Morgan fingerprint density at radius 2 is 1.88 bits per heavy atom. The summed E-state index contributed by atoms with van der Waals surface area (Å²) < 4.78 is 44.5. The number of hydrogen-bond acceptors (Lipinski definition) is 3. The molecule has 0 unspecified atom stereocenters. The van der Waals surface area contributed by atoms with Crippen molar-refractivity contribution in [3.8, 4) is 5.75 Å². The molecule has 26 heavy (non-hydrogen) atoms. The maximum Gasteiger partial charge on any atom is 0.416 e. The molecule has 1 saturated carbocycles. The zero-order chi connectivity index (χ0) is 19.1. The number of halogens is 3. The van der Waals surface area contributed by atoms with Crippen LogP contribution in [0, 0.1) is 23.7 Å². The molecule has 1 aromatic rings. The molecule has 2 N–H and O–H groups in total. The van der Waals surface area contributed by atoms with Crippen molar-refractivity contribution in [2.45, 2.75) is 19.1 Å². The third-order valence-electron chi connectivity index (χ3n) is 5.12. The predicted molar refractivity (Wildman–Crippen MR) is 85.2 cm³/mol. The van der Waals surface area contributed by atoms with Gasteiger partial charge in [0.15, 0.2) is 0 Å². The summed E-state index contributed by atoms with van der Waals surface area (Å²) in [4.78, 5) is 24.0. The minimum atomic E-state index is -4.59. The average Bonchev–Trinajstić information content (AvgIpc) is 3.19. The molecule has 8 heteroatoms. The number of benzene rings is 1. The largest absolute Gasteiger partial charge is 0.497 e. The average molecular weight is 369 g/mol. The van der Waals surface area contributed by atoms with E-state index in [2.05, 4.69) is 5.32 Å². The molecule has 4 atom stereocenters. The Hall–Kier alpha value is -2.51. The van der Waals surface area contributed by atoms with Crippen molar-refractivity contribution < 1.29 is 32.6 Å². The molecule has 2 bridgehead atoms. The van der Waals surface area contributed by atoms with Crippen LogP contribution in [0.25, 0.3) is 0 Å². The summed E-state index contributed by atoms with van der Waals surface area (Å²) in [6.07, 6.45) is -0.375. The van der Waals surface area contributed by atoms with Crippen LogP contribution in [0.15, 0.2) is 30.4 Å². The zero-order valence-corrected chi connectivity index (χ0v) is 13.9. The lowest BCUT2D eigenvalue weighted by Crippen LogP contribution is -2.40. The molecule has 1 fully saturated rings. The van der Waals surface area contributed by atoms with Gasteiger partial charge in [0.05, 0.1) is 24.5 Å². The standard InChI is InChI=1S/C18H18F3NO4/c1-26-12-5-4-11(13(7-12)18(19,20)21)8-22-16(23)14-9-2-3-10(6-9)15(14)17(24)25/h2-5,7,9-10,14-15H,6,8H2,1H3,(H,22,23)(H,24,25)/t9-,10-,14+,15-/m0/s1. The molecule has 3 rings (SSSR count). The lowest BCUT2D eigenvalue weighted by Gasteiger charge is -2.24. The van der Waals surface area contributed by atoms with Crippen LogP contribution < -0.4 is 10.1 Å². The first-order valence-corrected chi connectivity index (χ1v) is 8.15. The van der Waals surface area contributed by atoms with E-state index in [1.54, 1.807) is 6.08 Å². The number of carbonyl (C=O) groups excluding carboxylic acids is 1. The lowest BCUT2D eigenvalue weighted by atomic mass is 9.82. The van der Waals surface area contributed by atoms with Gasteiger partial charge in [-0.3, -0.25) is 9.59 Å². The van der Waals surface area contributed by atoms with Crippen LogP contribution >= 0.6 is 0 Å². The molecule has 5 nitrogen and oxygen atoms in total. The van der Waals surface area contributed by atoms with Crippen molar-refractivity contribution in [3.05, 3.63) is 41.5 Å². The van der Waals surface area contributed by atoms with Crippen molar-refractivity contribution >= 4 is 11.9 Å². The summed E-state index contributed by atoms with van der Waals surface area (Å²) in [5, 5.41) is 11.9. The van der Waals surface area contributed by atoms with Gasteiger partial charge in [0.25, 0.3) is 0 Å². The number of rotatable bonds is 5. The normalized spacial score (nSPS) is 26.8. The molecule has 0 saturated heterocycles. The zero-order valence-electron chi connectivity index (χ0n) is 13.9. The van der Waals surface area contributed by atoms with Gasteiger partial charge in [0.1, 0.15) is 5.75 Å². The SMILES string of the molecule is COc1ccc(CNC(=O)[C@H]2[C@@H](C(=O)O)[C@H]3C=C[C@H]2C3)c(C(F)(F)F)c1. The van der Waals surface area contributed by atoms with Gasteiger partial charge in [-0.2, -0.15) is 13.2 Å². The number of alkyl halides is 3. The van der Waals surface area contributed by atoms with Gasteiger partial charge in [-0.25, -0.2) is 0 Å². The van der Waals surface area contributed by atoms with Crippen LogP contribution in [0.5, 0.6) is 5.75 Å². The minimum Gasteiger partial charge on any atom is -0.497 e. The Morgan fingerprint density at radius 1 is 1.23 bits per heavy atom. The second-order valence-corrected chi connectivity index (χ2v) is 6.58. The lowest BCUT2D eigenvalue weighted by molar-refractivity contribution is -0.147. The van der Waals surface area contributed by atoms with Gasteiger partial charge in [0, 0.05) is 6.54 Å². The van der Waals surface area contributed by atoms with Crippen LogP contribution in [0.4, 0.5) is 13.2 Å². The number of amides is 1. The second kappa shape index (κ2) is 6.66. The van der Waals surface area contributed by atoms with E-state index in [1.807, 2.05) is 6.08 Å². The number of methoxy groups -OCH3 is 1. The number of aliphatic carboxylic acids is 1. The predicted octanol–water partition coefficient (Wildman–Crippen LogP) is 2.85. The summed E-state index contributed by atoms with van der Waals surface area (Å²) in [6.45, 7) is -0.332. The Labute approximate surface area is 147 Å². The number of hydrogen-bond donors (Lipinski definition) is 2. The molecule has 0 radical (unpaired) electrons. The number of nitrogens with one attached hydrogen (secondary N) is 1. The molecule has 0 heterocycles. The van der Waals surface area contributed by atoms with E-state index in [0.717, 1.165) is 6.07 Å².